The molecular weight excluding hydrogens is 261 g/mol. The fourth-order valence-electron chi connectivity index (χ4n) is 1.54. The first-order valence-corrected chi connectivity index (χ1v) is 5.45. The zero-order valence-corrected chi connectivity index (χ0v) is 9.74. The Labute approximate surface area is 107 Å². The first-order chi connectivity index (χ1) is 8.72. The number of nitrogens with one attached hydrogen (secondary N) is 1. The molecule has 0 bridgehead atoms. The van der Waals surface area contributed by atoms with Crippen LogP contribution in [0.3, 0.4) is 0 Å². The van der Waals surface area contributed by atoms with E-state index in [0.717, 1.165) is 6.20 Å². The lowest BCUT2D eigenvalue weighted by Gasteiger charge is -2.07. The third kappa shape index (κ3) is 2.02. The summed E-state index contributed by atoms with van der Waals surface area (Å²) in [5.41, 5.74) is 0.618. The van der Waals surface area contributed by atoms with Crippen molar-refractivity contribution >= 4 is 23.1 Å². The minimum Gasteiger partial charge on any atom is -0.454 e. The van der Waals surface area contributed by atoms with Gasteiger partial charge in [-0.1, -0.05) is 0 Å². The molecule has 1 aromatic heterocycles. The molecule has 0 unspecified atom stereocenters. The number of ether oxygens (including phenoxy) is 2. The quantitative estimate of drug-likeness (QED) is 0.848. The zero-order chi connectivity index (χ0) is 12.5. The third-order valence-electron chi connectivity index (χ3n) is 2.35. The maximum atomic E-state index is 13.4. The fourth-order valence-corrected chi connectivity index (χ4v) is 1.68. The number of rotatable bonds is 2. The lowest BCUT2D eigenvalue weighted by Crippen LogP contribution is -1.98. The highest BCUT2D eigenvalue weighted by Crippen LogP contribution is 2.35. The van der Waals surface area contributed by atoms with Crippen molar-refractivity contribution in [2.24, 2.45) is 0 Å². The van der Waals surface area contributed by atoms with Crippen molar-refractivity contribution in [2.45, 2.75) is 0 Å². The van der Waals surface area contributed by atoms with Gasteiger partial charge < -0.3 is 14.8 Å². The van der Waals surface area contributed by atoms with Gasteiger partial charge in [0.1, 0.15) is 0 Å². The second kappa shape index (κ2) is 4.30. The van der Waals surface area contributed by atoms with Crippen molar-refractivity contribution in [3.8, 4) is 11.5 Å². The van der Waals surface area contributed by atoms with E-state index in [1.807, 2.05) is 0 Å². The monoisotopic (exact) mass is 267 g/mol. The third-order valence-corrected chi connectivity index (χ3v) is 2.53. The average Bonchev–Trinajstić information content (AvgIpc) is 2.81. The maximum absolute atomic E-state index is 13.4. The Balaban J connectivity index is 1.90. The molecule has 0 atom stereocenters. The Morgan fingerprint density at radius 3 is 3.00 bits per heavy atom. The molecule has 0 amide bonds. The maximum Gasteiger partial charge on any atom is 0.231 e. The van der Waals surface area contributed by atoms with Gasteiger partial charge in [-0.15, -0.1) is 0 Å². The van der Waals surface area contributed by atoms with E-state index >= 15 is 0 Å². The number of aromatic nitrogens is 2. The van der Waals surface area contributed by atoms with Crippen LogP contribution in [-0.2, 0) is 0 Å². The number of anilines is 2. The van der Waals surface area contributed by atoms with E-state index in [9.17, 15) is 4.39 Å². The van der Waals surface area contributed by atoms with Gasteiger partial charge in [-0.3, -0.25) is 0 Å². The Kier molecular flexibility index (Phi) is 2.64. The van der Waals surface area contributed by atoms with Crippen LogP contribution in [0.25, 0.3) is 0 Å². The van der Waals surface area contributed by atoms with E-state index in [4.69, 9.17) is 21.1 Å². The van der Waals surface area contributed by atoms with E-state index in [2.05, 4.69) is 15.3 Å². The van der Waals surface area contributed by atoms with E-state index in [1.165, 1.54) is 0 Å². The van der Waals surface area contributed by atoms with Gasteiger partial charge in [-0.2, -0.15) is 4.98 Å². The Bertz CT molecular complexity index is 609. The van der Waals surface area contributed by atoms with E-state index in [1.54, 1.807) is 18.2 Å². The summed E-state index contributed by atoms with van der Waals surface area (Å²) in [6, 6.07) is 5.14. The smallest absolute Gasteiger partial charge is 0.231 e. The number of nitrogens with zero attached hydrogens (tertiary/aromatic N) is 2. The summed E-state index contributed by atoms with van der Waals surface area (Å²) in [7, 11) is 0. The summed E-state index contributed by atoms with van der Waals surface area (Å²) in [5, 5.41) is 2.77. The number of hydrogen-bond acceptors (Lipinski definition) is 5. The van der Waals surface area contributed by atoms with Crippen molar-refractivity contribution in [3.63, 3.8) is 0 Å². The highest BCUT2D eigenvalue weighted by atomic mass is 35.5. The molecule has 1 aliphatic heterocycles. The predicted octanol–water partition coefficient (Wildman–Crippen LogP) is 2.74. The van der Waals surface area contributed by atoms with Crippen LogP contribution in [0.1, 0.15) is 0 Å². The molecule has 18 heavy (non-hydrogen) atoms. The van der Waals surface area contributed by atoms with Crippen molar-refractivity contribution in [2.75, 3.05) is 12.1 Å². The summed E-state index contributed by atoms with van der Waals surface area (Å²) in [6.07, 6.45) is 1.00. The lowest BCUT2D eigenvalue weighted by atomic mass is 10.3. The van der Waals surface area contributed by atoms with Gasteiger partial charge >= 0.3 is 0 Å². The largest absolute Gasteiger partial charge is 0.454 e. The molecule has 0 radical (unpaired) electrons. The molecule has 3 rings (SSSR count). The average molecular weight is 268 g/mol. The SMILES string of the molecule is Fc1cnc(Cl)nc1Nc1ccc2c(c1)OCO2. The van der Waals surface area contributed by atoms with Gasteiger partial charge in [0.15, 0.2) is 23.1 Å². The van der Waals surface area contributed by atoms with Gasteiger partial charge in [0.25, 0.3) is 0 Å². The molecule has 5 nitrogen and oxygen atoms in total. The number of halogens is 2. The second-order valence-corrected chi connectivity index (χ2v) is 3.87. The highest BCUT2D eigenvalue weighted by Gasteiger charge is 2.14. The standard InChI is InChI=1S/C11H7ClFN3O2/c12-11-14-4-7(13)10(16-11)15-6-1-2-8-9(3-6)18-5-17-8/h1-4H,5H2,(H,14,15,16). The molecule has 2 heterocycles. The van der Waals surface area contributed by atoms with Crippen LogP contribution in [0, 0.1) is 5.82 Å². The molecule has 1 aromatic carbocycles. The summed E-state index contributed by atoms with van der Waals surface area (Å²) >= 11 is 5.60. The van der Waals surface area contributed by atoms with Crippen LogP contribution < -0.4 is 14.8 Å². The van der Waals surface area contributed by atoms with Crippen molar-refractivity contribution in [1.82, 2.24) is 9.97 Å². The molecule has 0 saturated heterocycles. The van der Waals surface area contributed by atoms with Gasteiger partial charge in [0.2, 0.25) is 12.1 Å². The Morgan fingerprint density at radius 1 is 1.28 bits per heavy atom. The number of benzene rings is 1. The van der Waals surface area contributed by atoms with Crippen LogP contribution in [0.15, 0.2) is 24.4 Å². The van der Waals surface area contributed by atoms with E-state index in [0.29, 0.717) is 17.2 Å². The van der Waals surface area contributed by atoms with E-state index in [-0.39, 0.29) is 17.9 Å². The Hall–Kier alpha value is -2.08. The van der Waals surface area contributed by atoms with Crippen LogP contribution in [0.4, 0.5) is 15.9 Å². The first kappa shape index (κ1) is 11.0. The summed E-state index contributed by atoms with van der Waals surface area (Å²) in [6.45, 7) is 0.187. The van der Waals surface area contributed by atoms with Gasteiger partial charge in [0, 0.05) is 11.8 Å². The second-order valence-electron chi connectivity index (χ2n) is 3.53. The van der Waals surface area contributed by atoms with Crippen LogP contribution in [0.2, 0.25) is 5.28 Å². The normalized spacial score (nSPS) is 12.6. The van der Waals surface area contributed by atoms with Crippen LogP contribution in [0.5, 0.6) is 11.5 Å². The minimum atomic E-state index is -0.586. The molecular formula is C11H7ClFN3O2. The summed E-state index contributed by atoms with van der Waals surface area (Å²) in [5.74, 6) is 0.674. The van der Waals surface area contributed by atoms with Crippen molar-refractivity contribution in [1.29, 1.82) is 0 Å². The summed E-state index contributed by atoms with van der Waals surface area (Å²) < 4.78 is 23.8. The highest BCUT2D eigenvalue weighted by molar-refractivity contribution is 6.28. The molecule has 0 aliphatic carbocycles. The van der Waals surface area contributed by atoms with Crippen LogP contribution in [-0.4, -0.2) is 16.8 Å². The van der Waals surface area contributed by atoms with Gasteiger partial charge in [-0.05, 0) is 23.7 Å². The number of fused-ring (bicyclic) bond motifs is 1. The van der Waals surface area contributed by atoms with Gasteiger partial charge in [-0.25, -0.2) is 9.37 Å². The minimum absolute atomic E-state index is 0.00821. The van der Waals surface area contributed by atoms with E-state index < -0.39 is 5.82 Å². The molecule has 2 aromatic rings. The molecule has 7 heteroatoms. The topological polar surface area (TPSA) is 56.3 Å². The lowest BCUT2D eigenvalue weighted by molar-refractivity contribution is 0.174. The van der Waals surface area contributed by atoms with Crippen LogP contribution >= 0.6 is 11.6 Å². The molecule has 0 fully saturated rings. The first-order valence-electron chi connectivity index (χ1n) is 5.07. The number of hydrogen-bond donors (Lipinski definition) is 1. The summed E-state index contributed by atoms with van der Waals surface area (Å²) in [4.78, 5) is 7.29. The van der Waals surface area contributed by atoms with Crippen molar-refractivity contribution < 1.29 is 13.9 Å². The molecule has 92 valence electrons. The molecule has 0 spiro atoms. The fraction of sp³-hybridized carbons (Fsp3) is 0.0909. The van der Waals surface area contributed by atoms with Gasteiger partial charge in [0.05, 0.1) is 6.20 Å². The molecule has 0 saturated carbocycles. The predicted molar refractivity (Wildman–Crippen MR) is 62.8 cm³/mol. The Morgan fingerprint density at radius 2 is 2.11 bits per heavy atom. The zero-order valence-electron chi connectivity index (χ0n) is 8.98. The van der Waals surface area contributed by atoms with Crippen molar-refractivity contribution in [3.05, 3.63) is 35.5 Å². The molecule has 1 N–H and O–H groups in total. The molecule has 1 aliphatic rings.